The Labute approximate surface area is 154 Å². The lowest BCUT2D eigenvalue weighted by atomic mass is 9.84. The molecule has 1 saturated carbocycles. The Kier molecular flexibility index (Phi) is 12.1. The van der Waals surface area contributed by atoms with Crippen molar-refractivity contribution >= 4 is 12.7 Å². The zero-order valence-corrected chi connectivity index (χ0v) is 17.0. The zero-order valence-electron chi connectivity index (χ0n) is 17.0. The molecule has 0 aromatic carbocycles. The molecule has 0 heterocycles. The first-order valence-electron chi connectivity index (χ1n) is 9.39. The molecule has 1 aliphatic carbocycles. The van der Waals surface area contributed by atoms with Crippen molar-refractivity contribution in [3.8, 4) is 0 Å². The number of allylic oxidation sites excluding steroid dienone is 3. The predicted octanol–water partition coefficient (Wildman–Crippen LogP) is 5.22. The Balaban J connectivity index is 0.000000535. The Hall–Kier alpha value is -1.42. The maximum atomic E-state index is 10.0. The number of aliphatic hydroxyl groups excluding tert-OH is 1. The highest BCUT2D eigenvalue weighted by Crippen LogP contribution is 2.40. The smallest absolute Gasteiger partial charge is 0.293 e. The summed E-state index contributed by atoms with van der Waals surface area (Å²) < 4.78 is 4.65. The second kappa shape index (κ2) is 12.9. The molecule has 1 unspecified atom stereocenters. The summed E-state index contributed by atoms with van der Waals surface area (Å²) in [6, 6.07) is 0. The molecule has 1 atom stereocenters. The molecule has 0 aromatic rings. The van der Waals surface area contributed by atoms with E-state index in [9.17, 15) is 9.90 Å². The summed E-state index contributed by atoms with van der Waals surface area (Å²) in [5.74, 6) is 0. The fourth-order valence-electron chi connectivity index (χ4n) is 2.78. The molecule has 0 radical (unpaired) electrons. The molecule has 0 aromatic heterocycles. The number of aliphatic imine (C=N–C) groups is 1. The maximum Gasteiger partial charge on any atom is 0.293 e. The van der Waals surface area contributed by atoms with Gasteiger partial charge in [-0.05, 0) is 57.9 Å². The number of hydrogen-bond acceptors (Lipinski definition) is 4. The van der Waals surface area contributed by atoms with Crippen molar-refractivity contribution in [2.45, 2.75) is 86.2 Å². The van der Waals surface area contributed by atoms with Crippen molar-refractivity contribution in [1.29, 1.82) is 0 Å². The lowest BCUT2D eigenvalue weighted by Crippen LogP contribution is -2.25. The van der Waals surface area contributed by atoms with Crippen molar-refractivity contribution in [3.05, 3.63) is 22.9 Å². The van der Waals surface area contributed by atoms with Gasteiger partial charge in [0.25, 0.3) is 6.47 Å². The molecule has 1 aliphatic rings. The van der Waals surface area contributed by atoms with Gasteiger partial charge in [-0.1, -0.05) is 44.8 Å². The lowest BCUT2D eigenvalue weighted by molar-refractivity contribution is -0.127. The Bertz CT molecular complexity index is 470. The summed E-state index contributed by atoms with van der Waals surface area (Å²) in [7, 11) is 0. The van der Waals surface area contributed by atoms with Crippen molar-refractivity contribution < 1.29 is 14.6 Å². The number of carbonyl (C=O) groups is 1. The maximum absolute atomic E-state index is 10.0. The van der Waals surface area contributed by atoms with Crippen LogP contribution in [0.5, 0.6) is 0 Å². The van der Waals surface area contributed by atoms with Gasteiger partial charge in [0.15, 0.2) is 0 Å². The fourth-order valence-corrected chi connectivity index (χ4v) is 2.78. The van der Waals surface area contributed by atoms with Crippen molar-refractivity contribution in [2.75, 3.05) is 6.61 Å². The largest absolute Gasteiger partial charge is 0.461 e. The molecule has 144 valence electrons. The third-order valence-electron chi connectivity index (χ3n) is 5.11. The van der Waals surface area contributed by atoms with Gasteiger partial charge in [0, 0.05) is 6.21 Å². The minimum absolute atomic E-state index is 0.111. The van der Waals surface area contributed by atoms with E-state index < -0.39 is 0 Å². The standard InChI is InChI=1S/C13H21NO2.C8H16O/c1-5-7-11(3)12(4)8-14-13(6-2)9-16-10-15;1-7(9)8(2)5-3-4-6-8/h6,8,10H,5,7,9H2,1-4H3;7,9H,3-6H2,1-2H3/b12-11+,13-6-,14-8+;. The molecule has 0 aliphatic heterocycles. The van der Waals surface area contributed by atoms with Gasteiger partial charge >= 0.3 is 0 Å². The average molecular weight is 352 g/mol. The Morgan fingerprint density at radius 1 is 1.32 bits per heavy atom. The summed E-state index contributed by atoms with van der Waals surface area (Å²) in [6.45, 7) is 12.9. The number of rotatable bonds is 8. The number of ether oxygens (including phenoxy) is 1. The van der Waals surface area contributed by atoms with E-state index in [1.54, 1.807) is 0 Å². The number of hydrogen-bond donors (Lipinski definition) is 1. The van der Waals surface area contributed by atoms with Crippen LogP contribution in [-0.4, -0.2) is 30.5 Å². The van der Waals surface area contributed by atoms with Crippen LogP contribution in [0.3, 0.4) is 0 Å². The van der Waals surface area contributed by atoms with Crippen LogP contribution >= 0.6 is 0 Å². The molecule has 25 heavy (non-hydrogen) atoms. The summed E-state index contributed by atoms with van der Waals surface area (Å²) >= 11 is 0. The van der Waals surface area contributed by atoms with Crippen LogP contribution in [0.15, 0.2) is 27.9 Å². The minimum Gasteiger partial charge on any atom is -0.461 e. The molecule has 0 saturated heterocycles. The van der Waals surface area contributed by atoms with Gasteiger partial charge in [-0.3, -0.25) is 9.79 Å². The van der Waals surface area contributed by atoms with E-state index in [1.165, 1.54) is 36.8 Å². The minimum atomic E-state index is -0.111. The van der Waals surface area contributed by atoms with Gasteiger partial charge in [0.1, 0.15) is 6.61 Å². The van der Waals surface area contributed by atoms with Gasteiger partial charge in [0.05, 0.1) is 11.8 Å². The molecule has 0 spiro atoms. The quantitative estimate of drug-likeness (QED) is 0.482. The first kappa shape index (κ1) is 23.6. The van der Waals surface area contributed by atoms with Gasteiger partial charge in [-0.15, -0.1) is 0 Å². The van der Waals surface area contributed by atoms with E-state index in [4.69, 9.17) is 0 Å². The van der Waals surface area contributed by atoms with E-state index in [0.717, 1.165) is 18.5 Å². The highest BCUT2D eigenvalue weighted by atomic mass is 16.5. The highest BCUT2D eigenvalue weighted by molar-refractivity contribution is 5.79. The number of aliphatic hydroxyl groups is 1. The fraction of sp³-hybridized carbons (Fsp3) is 0.714. The van der Waals surface area contributed by atoms with Crippen LogP contribution in [0, 0.1) is 5.41 Å². The molecular weight excluding hydrogens is 314 g/mol. The van der Waals surface area contributed by atoms with Crippen LogP contribution in [0.25, 0.3) is 0 Å². The van der Waals surface area contributed by atoms with Crippen LogP contribution in [0.4, 0.5) is 0 Å². The Morgan fingerprint density at radius 2 is 1.92 bits per heavy atom. The van der Waals surface area contributed by atoms with Gasteiger partial charge in [-0.2, -0.15) is 0 Å². The van der Waals surface area contributed by atoms with E-state index >= 15 is 0 Å². The number of carbonyl (C=O) groups excluding carboxylic acids is 1. The summed E-state index contributed by atoms with van der Waals surface area (Å²) in [5.41, 5.74) is 3.53. The molecular formula is C21H37NO3. The third kappa shape index (κ3) is 9.59. The van der Waals surface area contributed by atoms with Crippen LogP contribution < -0.4 is 0 Å². The molecule has 1 N–H and O–H groups in total. The highest BCUT2D eigenvalue weighted by Gasteiger charge is 2.32. The van der Waals surface area contributed by atoms with Gasteiger partial charge in [-0.25, -0.2) is 0 Å². The van der Waals surface area contributed by atoms with Crippen molar-refractivity contribution in [3.63, 3.8) is 0 Å². The van der Waals surface area contributed by atoms with Crippen molar-refractivity contribution in [1.82, 2.24) is 0 Å². The summed E-state index contributed by atoms with van der Waals surface area (Å²) in [5, 5.41) is 9.31. The third-order valence-corrected chi connectivity index (χ3v) is 5.11. The van der Waals surface area contributed by atoms with E-state index in [0.29, 0.717) is 6.47 Å². The predicted molar refractivity (Wildman–Crippen MR) is 106 cm³/mol. The van der Waals surface area contributed by atoms with Crippen LogP contribution in [0.2, 0.25) is 0 Å². The molecule has 1 fully saturated rings. The number of nitrogens with zero attached hydrogens (tertiary/aromatic N) is 1. The van der Waals surface area contributed by atoms with Crippen molar-refractivity contribution in [2.24, 2.45) is 10.4 Å². The molecule has 1 rings (SSSR count). The molecule has 0 bridgehead atoms. The summed E-state index contributed by atoms with van der Waals surface area (Å²) in [4.78, 5) is 14.3. The van der Waals surface area contributed by atoms with E-state index in [2.05, 4.69) is 30.5 Å². The van der Waals surface area contributed by atoms with Crippen LogP contribution in [0.1, 0.15) is 80.1 Å². The second-order valence-corrected chi connectivity index (χ2v) is 7.20. The topological polar surface area (TPSA) is 58.9 Å². The van der Waals surface area contributed by atoms with Crippen LogP contribution in [-0.2, 0) is 9.53 Å². The second-order valence-electron chi connectivity index (χ2n) is 7.20. The van der Waals surface area contributed by atoms with Gasteiger partial charge < -0.3 is 9.84 Å². The monoisotopic (exact) mass is 351 g/mol. The van der Waals surface area contributed by atoms with E-state index in [-0.39, 0.29) is 18.1 Å². The molecule has 4 nitrogen and oxygen atoms in total. The SMILES string of the molecule is CC(O)C1(C)CCCC1.C\C=C(COC=O)/N=C/C(C)=C(\C)CCC. The average Bonchev–Trinajstić information content (AvgIpc) is 3.04. The first-order chi connectivity index (χ1) is 11.8. The first-order valence-corrected chi connectivity index (χ1v) is 9.39. The normalized spacial score (nSPS) is 19.1. The lowest BCUT2D eigenvalue weighted by Gasteiger charge is -2.26. The Morgan fingerprint density at radius 3 is 2.32 bits per heavy atom. The summed E-state index contributed by atoms with van der Waals surface area (Å²) in [6.07, 6.45) is 10.8. The zero-order chi connectivity index (χ0) is 19.3. The van der Waals surface area contributed by atoms with Gasteiger partial charge in [0.2, 0.25) is 0 Å². The van der Waals surface area contributed by atoms with E-state index in [1.807, 2.05) is 33.1 Å². The molecule has 0 amide bonds. The molecule has 4 heteroatoms.